The van der Waals surface area contributed by atoms with Gasteiger partial charge >= 0.3 is 0 Å². The van der Waals surface area contributed by atoms with Crippen LogP contribution in [0.2, 0.25) is 0 Å². The van der Waals surface area contributed by atoms with Crippen molar-refractivity contribution in [2.45, 2.75) is 19.4 Å². The molecule has 4 aromatic rings. The van der Waals surface area contributed by atoms with Crippen molar-refractivity contribution in [1.29, 1.82) is 0 Å². The summed E-state index contributed by atoms with van der Waals surface area (Å²) in [4.78, 5) is 15.0. The first-order valence-corrected chi connectivity index (χ1v) is 8.55. The first-order chi connectivity index (χ1) is 12.2. The topological polar surface area (TPSA) is 33.5 Å². The molecule has 0 spiro atoms. The fourth-order valence-corrected chi connectivity index (χ4v) is 3.89. The van der Waals surface area contributed by atoms with Crippen molar-refractivity contribution in [3.05, 3.63) is 78.1 Å². The zero-order valence-corrected chi connectivity index (χ0v) is 13.9. The predicted molar refractivity (Wildman–Crippen MR) is 100 cm³/mol. The van der Waals surface area contributed by atoms with Gasteiger partial charge in [-0.15, -0.1) is 0 Å². The lowest BCUT2D eigenvalue weighted by Gasteiger charge is -2.21. The van der Waals surface area contributed by atoms with Crippen LogP contribution in [0.3, 0.4) is 0 Å². The number of benzene rings is 3. The molecule has 1 atom stereocenters. The van der Waals surface area contributed by atoms with Crippen molar-refractivity contribution in [2.75, 3.05) is 4.90 Å². The van der Waals surface area contributed by atoms with Crippen molar-refractivity contribution in [1.82, 2.24) is 0 Å². The molecule has 1 aliphatic rings. The van der Waals surface area contributed by atoms with Gasteiger partial charge in [0.15, 0.2) is 5.76 Å². The third-order valence-corrected chi connectivity index (χ3v) is 5.06. The number of rotatable bonds is 1. The number of fused-ring (bicyclic) bond motifs is 4. The Hall–Kier alpha value is -3.07. The summed E-state index contributed by atoms with van der Waals surface area (Å²) in [5.74, 6) is 0.327. The van der Waals surface area contributed by atoms with E-state index in [0.29, 0.717) is 5.76 Å². The summed E-state index contributed by atoms with van der Waals surface area (Å²) in [6.45, 7) is 2.08. The van der Waals surface area contributed by atoms with Crippen LogP contribution in [-0.2, 0) is 6.42 Å². The molecule has 1 amide bonds. The summed E-state index contributed by atoms with van der Waals surface area (Å²) in [6, 6.07) is 22.2. The minimum atomic E-state index is -0.0715. The number of para-hydroxylation sites is 1. The molecule has 3 nitrogen and oxygen atoms in total. The largest absolute Gasteiger partial charge is 0.451 e. The van der Waals surface area contributed by atoms with E-state index in [-0.39, 0.29) is 11.9 Å². The standard InChI is InChI=1S/C22H17NO2/c1-14-12-16-7-3-5-9-19(16)23(14)22(24)21-13-18-17-8-4-2-6-15(17)10-11-20(18)25-21/h2-11,13-14H,12H2,1H3/t14-/m1/s1. The molecule has 0 bridgehead atoms. The van der Waals surface area contributed by atoms with Crippen LogP contribution >= 0.6 is 0 Å². The van der Waals surface area contributed by atoms with Gasteiger partial charge in [0.05, 0.1) is 0 Å². The van der Waals surface area contributed by atoms with E-state index in [2.05, 4.69) is 25.1 Å². The number of carbonyl (C=O) groups is 1. The highest BCUT2D eigenvalue weighted by atomic mass is 16.3. The van der Waals surface area contributed by atoms with E-state index in [0.717, 1.165) is 33.8 Å². The Bertz CT molecular complexity index is 1130. The SMILES string of the molecule is C[C@@H]1Cc2ccccc2N1C(=O)c1cc2c(ccc3ccccc32)o1. The van der Waals surface area contributed by atoms with Gasteiger partial charge in [0.1, 0.15) is 5.58 Å². The zero-order valence-electron chi connectivity index (χ0n) is 13.9. The molecular weight excluding hydrogens is 310 g/mol. The fourth-order valence-electron chi connectivity index (χ4n) is 3.89. The van der Waals surface area contributed by atoms with Gasteiger partial charge in [0, 0.05) is 17.1 Å². The lowest BCUT2D eigenvalue weighted by molar-refractivity contribution is 0.0957. The van der Waals surface area contributed by atoms with Gasteiger partial charge in [-0.1, -0.05) is 48.5 Å². The summed E-state index contributed by atoms with van der Waals surface area (Å²) >= 11 is 0. The van der Waals surface area contributed by atoms with Crippen LogP contribution in [0.1, 0.15) is 23.0 Å². The average molecular weight is 327 g/mol. The Morgan fingerprint density at radius 3 is 2.72 bits per heavy atom. The molecule has 0 fully saturated rings. The number of carbonyl (C=O) groups excluding carboxylic acids is 1. The van der Waals surface area contributed by atoms with Crippen LogP contribution in [0, 0.1) is 0 Å². The average Bonchev–Trinajstić information content (AvgIpc) is 3.21. The van der Waals surface area contributed by atoms with Crippen LogP contribution in [0.25, 0.3) is 21.7 Å². The summed E-state index contributed by atoms with van der Waals surface area (Å²) < 4.78 is 5.92. The molecule has 0 aliphatic carbocycles. The smallest absolute Gasteiger partial charge is 0.294 e. The highest BCUT2D eigenvalue weighted by Crippen LogP contribution is 2.35. The maximum absolute atomic E-state index is 13.2. The molecule has 0 unspecified atom stereocenters. The molecule has 1 aliphatic heterocycles. The Morgan fingerprint density at radius 2 is 1.80 bits per heavy atom. The van der Waals surface area contributed by atoms with Gasteiger partial charge in [0.2, 0.25) is 0 Å². The van der Waals surface area contributed by atoms with E-state index in [4.69, 9.17) is 4.42 Å². The Labute approximate surface area is 145 Å². The van der Waals surface area contributed by atoms with Gasteiger partial charge in [0.25, 0.3) is 5.91 Å². The van der Waals surface area contributed by atoms with Crippen LogP contribution in [-0.4, -0.2) is 11.9 Å². The monoisotopic (exact) mass is 327 g/mol. The van der Waals surface area contributed by atoms with Crippen LogP contribution < -0.4 is 4.90 Å². The van der Waals surface area contributed by atoms with Crippen molar-refractivity contribution in [3.63, 3.8) is 0 Å². The number of amides is 1. The summed E-state index contributed by atoms with van der Waals surface area (Å²) in [7, 11) is 0. The first kappa shape index (κ1) is 14.3. The fraction of sp³-hybridized carbons (Fsp3) is 0.136. The molecule has 0 N–H and O–H groups in total. The van der Waals surface area contributed by atoms with Crippen molar-refractivity contribution in [3.8, 4) is 0 Å². The third kappa shape index (κ3) is 2.09. The number of nitrogens with zero attached hydrogens (tertiary/aromatic N) is 1. The van der Waals surface area contributed by atoms with Crippen molar-refractivity contribution >= 4 is 33.3 Å². The van der Waals surface area contributed by atoms with E-state index in [1.54, 1.807) is 0 Å². The van der Waals surface area contributed by atoms with E-state index in [1.165, 1.54) is 5.56 Å². The number of hydrogen-bond donors (Lipinski definition) is 0. The van der Waals surface area contributed by atoms with Gasteiger partial charge < -0.3 is 9.32 Å². The van der Waals surface area contributed by atoms with Crippen molar-refractivity contribution < 1.29 is 9.21 Å². The number of anilines is 1. The molecule has 0 saturated heterocycles. The molecule has 2 heterocycles. The normalized spacial score (nSPS) is 16.5. The van der Waals surface area contributed by atoms with Gasteiger partial charge in [-0.25, -0.2) is 0 Å². The quantitative estimate of drug-likeness (QED) is 0.483. The summed E-state index contributed by atoms with van der Waals surface area (Å²) in [5, 5.41) is 3.24. The van der Waals surface area contributed by atoms with Crippen LogP contribution in [0.15, 0.2) is 71.1 Å². The summed E-state index contributed by atoms with van der Waals surface area (Å²) in [6.07, 6.45) is 0.880. The van der Waals surface area contributed by atoms with Crippen molar-refractivity contribution in [2.24, 2.45) is 0 Å². The molecule has 5 rings (SSSR count). The zero-order chi connectivity index (χ0) is 17.0. The van der Waals surface area contributed by atoms with Crippen LogP contribution in [0.5, 0.6) is 0 Å². The lowest BCUT2D eigenvalue weighted by Crippen LogP contribution is -2.35. The molecule has 122 valence electrons. The molecule has 25 heavy (non-hydrogen) atoms. The Kier molecular flexibility index (Phi) is 2.98. The number of furan rings is 1. The lowest BCUT2D eigenvalue weighted by atomic mass is 10.1. The summed E-state index contributed by atoms with van der Waals surface area (Å²) in [5.41, 5.74) is 2.96. The van der Waals surface area contributed by atoms with Gasteiger partial charge in [-0.2, -0.15) is 0 Å². The Morgan fingerprint density at radius 1 is 1.00 bits per heavy atom. The molecule has 3 heteroatoms. The molecule has 1 aromatic heterocycles. The van der Waals surface area contributed by atoms with Crippen LogP contribution in [0.4, 0.5) is 5.69 Å². The third-order valence-electron chi connectivity index (χ3n) is 5.06. The highest BCUT2D eigenvalue weighted by Gasteiger charge is 2.32. The minimum absolute atomic E-state index is 0.0715. The highest BCUT2D eigenvalue weighted by molar-refractivity contribution is 6.12. The molecule has 0 radical (unpaired) electrons. The number of hydrogen-bond acceptors (Lipinski definition) is 2. The first-order valence-electron chi connectivity index (χ1n) is 8.55. The second kappa shape index (κ2) is 5.21. The van der Waals surface area contributed by atoms with E-state index >= 15 is 0 Å². The van der Waals surface area contributed by atoms with E-state index < -0.39 is 0 Å². The maximum atomic E-state index is 13.2. The molecular formula is C22H17NO2. The predicted octanol–water partition coefficient (Wildman–Crippen LogP) is 5.18. The van der Waals surface area contributed by atoms with Gasteiger partial charge in [-0.3, -0.25) is 4.79 Å². The van der Waals surface area contributed by atoms with E-state index in [9.17, 15) is 4.79 Å². The second-order valence-electron chi connectivity index (χ2n) is 6.67. The second-order valence-corrected chi connectivity index (χ2v) is 6.67. The Balaban J connectivity index is 1.64. The minimum Gasteiger partial charge on any atom is -0.451 e. The molecule has 3 aromatic carbocycles. The molecule has 0 saturated carbocycles. The van der Waals surface area contributed by atoms with E-state index in [1.807, 2.05) is 53.4 Å². The maximum Gasteiger partial charge on any atom is 0.294 e. The van der Waals surface area contributed by atoms with Gasteiger partial charge in [-0.05, 0) is 47.9 Å².